The van der Waals surface area contributed by atoms with Crippen LogP contribution in [-0.4, -0.2) is 6.16 Å². The molecule has 0 unspecified atom stereocenters. The number of rotatable bonds is 0. The van der Waals surface area contributed by atoms with Gasteiger partial charge in [-0.3, -0.25) is 0 Å². The number of carboxylic acid groups (broad SMARTS) is 2. The SMILES string of the molecule is O=C([O-])[O-].[Ce+3].[Eu+3].[I-]. The molecular formula is CCeEuIO3+3. The van der Waals surface area contributed by atoms with E-state index in [1.807, 2.05) is 0 Å². The second-order valence-corrected chi connectivity index (χ2v) is 0.250. The Bertz CT molecular complexity index is 37.9. The molecule has 0 bridgehead atoms. The third-order valence-corrected chi connectivity index (χ3v) is 0. The molecule has 1 radical (unpaired) electrons. The molecule has 0 saturated carbocycles. The zero-order chi connectivity index (χ0) is 3.58. The summed E-state index contributed by atoms with van der Waals surface area (Å²) in [5.74, 6) is 0. The maximum Gasteiger partial charge on any atom is 3.00 e. The molecule has 0 aromatic rings. The van der Waals surface area contributed by atoms with Crippen LogP contribution in [0.2, 0.25) is 0 Å². The number of carbonyl (C=O) groups excluding carboxylic acids is 1. The minimum Gasteiger partial charge on any atom is -1.00 e. The number of carbonyl (C=O) groups is 1. The first-order valence-corrected chi connectivity index (χ1v) is 0.612. The molecule has 0 fully saturated rings. The van der Waals surface area contributed by atoms with E-state index in [2.05, 4.69) is 0 Å². The molecule has 0 saturated heterocycles. The normalized spacial score (nSPS) is 3.43. The molecule has 0 heterocycles. The molecule has 0 spiro atoms. The molecule has 0 aromatic carbocycles. The molecule has 37 valence electrons. The van der Waals surface area contributed by atoms with Gasteiger partial charge in [0.2, 0.25) is 0 Å². The van der Waals surface area contributed by atoms with Crippen molar-refractivity contribution in [3.05, 3.63) is 0 Å². The molecular weight excluding hydrogens is 479 g/mol. The summed E-state index contributed by atoms with van der Waals surface area (Å²) in [7, 11) is 0. The van der Waals surface area contributed by atoms with Crippen LogP contribution in [0.25, 0.3) is 0 Å². The summed E-state index contributed by atoms with van der Waals surface area (Å²) < 4.78 is 0. The largest absolute Gasteiger partial charge is 3.00 e. The first-order chi connectivity index (χ1) is 1.73. The van der Waals surface area contributed by atoms with Gasteiger partial charge in [0, 0.05) is 0 Å². The third kappa shape index (κ3) is 49.5. The van der Waals surface area contributed by atoms with Gasteiger partial charge >= 0.3 is 91.1 Å². The molecule has 7 heavy (non-hydrogen) atoms. The van der Waals surface area contributed by atoms with E-state index < -0.39 is 6.16 Å². The van der Waals surface area contributed by atoms with Crippen molar-refractivity contribution in [1.82, 2.24) is 0 Å². The smallest absolute Gasteiger partial charge is 1.00 e. The van der Waals surface area contributed by atoms with Crippen molar-refractivity contribution in [2.45, 2.75) is 0 Å². The van der Waals surface area contributed by atoms with E-state index in [-0.39, 0.29) is 115 Å². The number of halogens is 1. The average molecular weight is 479 g/mol. The standard InChI is InChI=1S/CH2O3.Ce.Eu.HI/c2-1(3)4;;;/h(H2,2,3,4);;;1H/q;2*+3;/p-3. The third-order valence-electron chi connectivity index (χ3n) is 0. The van der Waals surface area contributed by atoms with Gasteiger partial charge in [-0.25, -0.2) is 0 Å². The quantitative estimate of drug-likeness (QED) is 0.326. The van der Waals surface area contributed by atoms with E-state index in [0.717, 1.165) is 0 Å². The predicted octanol–water partition coefficient (Wildman–Crippen LogP) is -5.44. The molecule has 0 aliphatic carbocycles. The van der Waals surface area contributed by atoms with Gasteiger partial charge in [-0.1, -0.05) is 0 Å². The van der Waals surface area contributed by atoms with Gasteiger partial charge in [0.15, 0.2) is 0 Å². The number of hydrogen-bond acceptors (Lipinski definition) is 3. The van der Waals surface area contributed by atoms with Crippen molar-refractivity contribution >= 4 is 6.16 Å². The zero-order valence-electron chi connectivity index (χ0n) is 2.98. The molecule has 0 rings (SSSR count). The monoisotopic (exact) mass is 480 g/mol. The second-order valence-electron chi connectivity index (χ2n) is 0.250. The van der Waals surface area contributed by atoms with E-state index >= 15 is 0 Å². The molecule has 0 aliphatic heterocycles. The average Bonchev–Trinajstić information content (AvgIpc) is 0.811. The summed E-state index contributed by atoms with van der Waals surface area (Å²) in [4.78, 5) is 8.33. The van der Waals surface area contributed by atoms with Crippen molar-refractivity contribution in [3.8, 4) is 0 Å². The van der Waals surface area contributed by atoms with Crippen LogP contribution in [0.15, 0.2) is 0 Å². The summed E-state index contributed by atoms with van der Waals surface area (Å²) in [5, 5.41) is 16.7. The topological polar surface area (TPSA) is 63.2 Å². The summed E-state index contributed by atoms with van der Waals surface area (Å²) in [6, 6.07) is 0. The van der Waals surface area contributed by atoms with Crippen LogP contribution in [0.1, 0.15) is 0 Å². The van der Waals surface area contributed by atoms with Gasteiger partial charge in [-0.05, 0) is 6.16 Å². The van der Waals surface area contributed by atoms with Crippen molar-refractivity contribution in [2.75, 3.05) is 0 Å². The van der Waals surface area contributed by atoms with Crippen LogP contribution in [0.3, 0.4) is 0 Å². The van der Waals surface area contributed by atoms with Gasteiger partial charge in [0.05, 0.1) is 0 Å². The number of hydrogen-bond donors (Lipinski definition) is 0. The molecule has 3 nitrogen and oxygen atoms in total. The van der Waals surface area contributed by atoms with Gasteiger partial charge in [-0.2, -0.15) is 0 Å². The van der Waals surface area contributed by atoms with Crippen LogP contribution < -0.4 is 34.2 Å². The maximum atomic E-state index is 8.33. The second kappa shape index (κ2) is 16.0. The van der Waals surface area contributed by atoms with Crippen molar-refractivity contribution < 1.29 is 130 Å². The Morgan fingerprint density at radius 3 is 1.29 bits per heavy atom. The summed E-state index contributed by atoms with van der Waals surface area (Å²) in [6.45, 7) is 0. The summed E-state index contributed by atoms with van der Waals surface area (Å²) in [5.41, 5.74) is 0. The van der Waals surface area contributed by atoms with Crippen LogP contribution in [0.4, 0.5) is 4.79 Å². The zero-order valence-corrected chi connectivity index (χ0v) is 10.7. The van der Waals surface area contributed by atoms with Crippen LogP contribution in [-0.2, 0) is 0 Å². The van der Waals surface area contributed by atoms with Gasteiger partial charge < -0.3 is 39.0 Å². The fraction of sp³-hybridized carbons (Fsp3) is 0. The fourth-order valence-electron chi connectivity index (χ4n) is 0. The van der Waals surface area contributed by atoms with Gasteiger partial charge in [-0.15, -0.1) is 0 Å². The maximum absolute atomic E-state index is 8.33. The van der Waals surface area contributed by atoms with E-state index in [9.17, 15) is 0 Å². The van der Waals surface area contributed by atoms with Crippen LogP contribution in [0.5, 0.6) is 0 Å². The molecule has 0 aliphatic rings. The summed E-state index contributed by atoms with van der Waals surface area (Å²) >= 11 is 0. The van der Waals surface area contributed by atoms with E-state index in [1.165, 1.54) is 0 Å². The molecule has 0 N–H and O–H groups in total. The van der Waals surface area contributed by atoms with E-state index in [0.29, 0.717) is 0 Å². The Kier molecular flexibility index (Phi) is 51.4. The van der Waals surface area contributed by atoms with E-state index in [4.69, 9.17) is 15.0 Å². The Labute approximate surface area is 133 Å². The minimum absolute atomic E-state index is 0. The van der Waals surface area contributed by atoms with Crippen molar-refractivity contribution in [3.63, 3.8) is 0 Å². The Balaban J connectivity index is -0.0000000150. The fourth-order valence-corrected chi connectivity index (χ4v) is 0. The van der Waals surface area contributed by atoms with Gasteiger partial charge in [0.1, 0.15) is 0 Å². The minimum atomic E-state index is -2.33. The predicted molar refractivity (Wildman–Crippen MR) is 5.40 cm³/mol. The van der Waals surface area contributed by atoms with Gasteiger partial charge in [0.25, 0.3) is 0 Å². The molecule has 0 atom stereocenters. The van der Waals surface area contributed by atoms with Crippen molar-refractivity contribution in [1.29, 1.82) is 0 Å². The summed E-state index contributed by atoms with van der Waals surface area (Å²) in [6.07, 6.45) is -2.33. The Morgan fingerprint density at radius 1 is 1.29 bits per heavy atom. The first kappa shape index (κ1) is 22.5. The van der Waals surface area contributed by atoms with Crippen LogP contribution in [0, 0.1) is 91.1 Å². The Hall–Kier alpha value is 2.96. The molecule has 6 heteroatoms. The van der Waals surface area contributed by atoms with Crippen molar-refractivity contribution in [2.24, 2.45) is 0 Å². The first-order valence-electron chi connectivity index (χ1n) is 0.612. The van der Waals surface area contributed by atoms with Crippen LogP contribution >= 0.6 is 0 Å². The Morgan fingerprint density at radius 2 is 1.29 bits per heavy atom. The molecule has 0 aromatic heterocycles. The molecule has 0 amide bonds. The van der Waals surface area contributed by atoms with E-state index in [1.54, 1.807) is 0 Å².